The van der Waals surface area contributed by atoms with Crippen LogP contribution in [0.25, 0.3) is 10.9 Å². The van der Waals surface area contributed by atoms with Gasteiger partial charge in [-0.2, -0.15) is 0 Å². The number of fused-ring (bicyclic) bond motifs is 1. The van der Waals surface area contributed by atoms with Crippen molar-refractivity contribution in [1.82, 2.24) is 10.3 Å². The number of nitrogens with one attached hydrogen (secondary N) is 2. The average Bonchev–Trinajstić information content (AvgIpc) is 3.06. The van der Waals surface area contributed by atoms with Crippen LogP contribution < -0.4 is 14.8 Å². The van der Waals surface area contributed by atoms with Crippen molar-refractivity contribution in [2.24, 2.45) is 0 Å². The number of aromatic amines is 1. The van der Waals surface area contributed by atoms with Crippen molar-refractivity contribution in [3.8, 4) is 11.5 Å². The first-order chi connectivity index (χ1) is 12.5. The van der Waals surface area contributed by atoms with E-state index < -0.39 is 0 Å². The Balaban J connectivity index is 1.82. The van der Waals surface area contributed by atoms with Crippen molar-refractivity contribution in [3.63, 3.8) is 0 Å². The summed E-state index contributed by atoms with van der Waals surface area (Å²) in [4.78, 5) is 15.8. The van der Waals surface area contributed by atoms with Crippen LogP contribution in [0, 0.1) is 6.92 Å². The highest BCUT2D eigenvalue weighted by molar-refractivity contribution is 5.98. The van der Waals surface area contributed by atoms with Crippen LogP contribution in [0.2, 0.25) is 0 Å². The highest BCUT2D eigenvalue weighted by atomic mass is 16.5. The normalized spacial score (nSPS) is 12.0. The zero-order valence-electron chi connectivity index (χ0n) is 15.6. The number of methoxy groups -OCH3 is 1. The van der Waals surface area contributed by atoms with E-state index in [1.54, 1.807) is 7.11 Å². The third-order valence-corrected chi connectivity index (χ3v) is 4.35. The van der Waals surface area contributed by atoms with E-state index in [9.17, 15) is 4.79 Å². The smallest absolute Gasteiger partial charge is 0.268 e. The van der Waals surface area contributed by atoms with Crippen LogP contribution in [0.1, 0.15) is 41.5 Å². The molecule has 2 aromatic carbocycles. The second-order valence-corrected chi connectivity index (χ2v) is 6.31. The second-order valence-electron chi connectivity index (χ2n) is 6.31. The van der Waals surface area contributed by atoms with Gasteiger partial charge in [-0.05, 0) is 51.1 Å². The van der Waals surface area contributed by atoms with E-state index in [0.717, 1.165) is 33.5 Å². The molecule has 3 aromatic rings. The number of rotatable bonds is 6. The fraction of sp³-hybridized carbons (Fsp3) is 0.286. The number of H-pyrrole nitrogens is 1. The van der Waals surface area contributed by atoms with Crippen molar-refractivity contribution in [3.05, 3.63) is 59.3 Å². The first kappa shape index (κ1) is 17.9. The SMILES string of the molecule is CCOc1ccc(C)cc1C(C)NC(=O)c1cc2cc(OC)ccc2[nH]1. The summed E-state index contributed by atoms with van der Waals surface area (Å²) >= 11 is 0. The summed E-state index contributed by atoms with van der Waals surface area (Å²) in [5.74, 6) is 1.40. The molecule has 136 valence electrons. The Labute approximate surface area is 153 Å². The molecule has 1 unspecified atom stereocenters. The van der Waals surface area contributed by atoms with Crippen LogP contribution in [0.3, 0.4) is 0 Å². The van der Waals surface area contributed by atoms with E-state index in [0.29, 0.717) is 12.3 Å². The molecule has 1 atom stereocenters. The number of aryl methyl sites for hydroxylation is 1. The summed E-state index contributed by atoms with van der Waals surface area (Å²) in [6.45, 7) is 6.52. The summed E-state index contributed by atoms with van der Waals surface area (Å²) in [7, 11) is 1.63. The largest absolute Gasteiger partial charge is 0.497 e. The number of aromatic nitrogens is 1. The molecule has 0 saturated heterocycles. The van der Waals surface area contributed by atoms with Gasteiger partial charge in [0.15, 0.2) is 0 Å². The van der Waals surface area contributed by atoms with Crippen LogP contribution in [0.15, 0.2) is 42.5 Å². The highest BCUT2D eigenvalue weighted by Gasteiger charge is 2.17. The van der Waals surface area contributed by atoms with Gasteiger partial charge in [0.1, 0.15) is 17.2 Å². The van der Waals surface area contributed by atoms with Crippen molar-refractivity contribution in [1.29, 1.82) is 0 Å². The van der Waals surface area contributed by atoms with Crippen LogP contribution in [0.5, 0.6) is 11.5 Å². The first-order valence-corrected chi connectivity index (χ1v) is 8.72. The Morgan fingerprint density at radius 1 is 1.19 bits per heavy atom. The molecule has 0 radical (unpaired) electrons. The minimum atomic E-state index is -0.176. The number of amides is 1. The van der Waals surface area contributed by atoms with Gasteiger partial charge in [-0.3, -0.25) is 4.79 Å². The van der Waals surface area contributed by atoms with Crippen molar-refractivity contribution in [2.45, 2.75) is 26.8 Å². The van der Waals surface area contributed by atoms with Gasteiger partial charge in [-0.15, -0.1) is 0 Å². The third-order valence-electron chi connectivity index (χ3n) is 4.35. The number of hydrogen-bond donors (Lipinski definition) is 2. The van der Waals surface area contributed by atoms with E-state index in [-0.39, 0.29) is 11.9 Å². The Bertz CT molecular complexity index is 930. The fourth-order valence-corrected chi connectivity index (χ4v) is 3.01. The third kappa shape index (κ3) is 3.67. The molecule has 3 rings (SSSR count). The standard InChI is InChI=1S/C21H24N2O3/c1-5-26-20-9-6-13(2)10-17(20)14(3)22-21(24)19-12-15-11-16(25-4)7-8-18(15)23-19/h6-12,14,23H,5H2,1-4H3,(H,22,24). The number of carbonyl (C=O) groups is 1. The minimum Gasteiger partial charge on any atom is -0.497 e. The Hall–Kier alpha value is -2.95. The van der Waals surface area contributed by atoms with Gasteiger partial charge in [0.05, 0.1) is 19.8 Å². The zero-order chi connectivity index (χ0) is 18.7. The molecule has 0 spiro atoms. The molecule has 1 aromatic heterocycles. The van der Waals surface area contributed by atoms with Gasteiger partial charge in [0.25, 0.3) is 5.91 Å². The number of hydrogen-bond acceptors (Lipinski definition) is 3. The van der Waals surface area contributed by atoms with Gasteiger partial charge >= 0.3 is 0 Å². The quantitative estimate of drug-likeness (QED) is 0.692. The van der Waals surface area contributed by atoms with E-state index in [1.165, 1.54) is 0 Å². The monoisotopic (exact) mass is 352 g/mol. The van der Waals surface area contributed by atoms with Gasteiger partial charge < -0.3 is 19.8 Å². The minimum absolute atomic E-state index is 0.156. The van der Waals surface area contributed by atoms with E-state index in [1.807, 2.05) is 63.2 Å². The lowest BCUT2D eigenvalue weighted by Gasteiger charge is -2.18. The van der Waals surface area contributed by atoms with Crippen molar-refractivity contribution < 1.29 is 14.3 Å². The van der Waals surface area contributed by atoms with Gasteiger partial charge in [0, 0.05) is 16.5 Å². The Morgan fingerprint density at radius 3 is 2.73 bits per heavy atom. The molecule has 26 heavy (non-hydrogen) atoms. The molecule has 0 fully saturated rings. The van der Waals surface area contributed by atoms with Crippen molar-refractivity contribution in [2.75, 3.05) is 13.7 Å². The number of ether oxygens (including phenoxy) is 2. The predicted octanol–water partition coefficient (Wildman–Crippen LogP) is 4.37. The summed E-state index contributed by atoms with van der Waals surface area (Å²) in [6, 6.07) is 13.3. The lowest BCUT2D eigenvalue weighted by Crippen LogP contribution is -2.27. The van der Waals surface area contributed by atoms with Crippen LogP contribution in [-0.4, -0.2) is 24.6 Å². The maximum atomic E-state index is 12.7. The zero-order valence-corrected chi connectivity index (χ0v) is 15.6. The summed E-state index contributed by atoms with van der Waals surface area (Å²) < 4.78 is 10.9. The highest BCUT2D eigenvalue weighted by Crippen LogP contribution is 2.27. The molecule has 0 saturated carbocycles. The number of carbonyl (C=O) groups excluding carboxylic acids is 1. The fourth-order valence-electron chi connectivity index (χ4n) is 3.01. The lowest BCUT2D eigenvalue weighted by atomic mass is 10.0. The number of benzene rings is 2. The summed E-state index contributed by atoms with van der Waals surface area (Å²) in [5, 5.41) is 3.98. The van der Waals surface area contributed by atoms with Crippen molar-refractivity contribution >= 4 is 16.8 Å². The molecular formula is C21H24N2O3. The Morgan fingerprint density at radius 2 is 2.00 bits per heavy atom. The topological polar surface area (TPSA) is 63.4 Å². The molecule has 0 aliphatic rings. The molecule has 2 N–H and O–H groups in total. The molecule has 0 aliphatic carbocycles. The molecule has 1 heterocycles. The maximum Gasteiger partial charge on any atom is 0.268 e. The van der Waals surface area contributed by atoms with Crippen LogP contribution in [0.4, 0.5) is 0 Å². The van der Waals surface area contributed by atoms with Crippen LogP contribution in [-0.2, 0) is 0 Å². The molecule has 0 bridgehead atoms. The molecule has 5 nitrogen and oxygen atoms in total. The molecule has 1 amide bonds. The summed E-state index contributed by atoms with van der Waals surface area (Å²) in [5.41, 5.74) is 3.51. The molecular weight excluding hydrogens is 328 g/mol. The van der Waals surface area contributed by atoms with E-state index >= 15 is 0 Å². The molecule has 5 heteroatoms. The lowest BCUT2D eigenvalue weighted by molar-refractivity contribution is 0.0935. The van der Waals surface area contributed by atoms with E-state index in [2.05, 4.69) is 10.3 Å². The first-order valence-electron chi connectivity index (χ1n) is 8.72. The summed E-state index contributed by atoms with van der Waals surface area (Å²) in [6.07, 6.45) is 0. The van der Waals surface area contributed by atoms with Gasteiger partial charge in [0.2, 0.25) is 0 Å². The predicted molar refractivity (Wildman–Crippen MR) is 103 cm³/mol. The Kier molecular flexibility index (Phi) is 5.16. The maximum absolute atomic E-state index is 12.7. The van der Waals surface area contributed by atoms with E-state index in [4.69, 9.17) is 9.47 Å². The average molecular weight is 352 g/mol. The van der Waals surface area contributed by atoms with Gasteiger partial charge in [-0.25, -0.2) is 0 Å². The van der Waals surface area contributed by atoms with Gasteiger partial charge in [-0.1, -0.05) is 17.7 Å². The second kappa shape index (κ2) is 7.52. The van der Waals surface area contributed by atoms with Crippen LogP contribution >= 0.6 is 0 Å². The molecule has 0 aliphatic heterocycles.